The first kappa shape index (κ1) is 94.4. The molecule has 0 amide bonds. The van der Waals surface area contributed by atoms with Gasteiger partial charge in [0.05, 0.1) is 32.8 Å². The molecule has 0 aliphatic carbocycles. The number of aliphatic hydroxyl groups is 1. The molecule has 0 radical (unpaired) electrons. The molecule has 0 aliphatic rings. The van der Waals surface area contributed by atoms with E-state index in [4.69, 9.17) is 37.0 Å². The topological polar surface area (TPSA) is 237 Å². The van der Waals surface area contributed by atoms with Crippen LogP contribution in [0.15, 0.2) is 170 Å². The molecule has 0 aromatic rings. The monoisotopic (exact) mass is 1440 g/mol. The standard InChI is InChI=1S/C81H130O17P2/c1-5-9-13-17-21-25-29-33-35-36-37-38-40-43-46-50-54-58-62-66-79(84)92-72-77(98-81(86)68-64-60-56-52-48-44-39-34-30-26-22-18-14-10-6-2)74-96-100(89,90)94-70-75(82)69-93-99(87,88)95-73-76(97-80(85)67-63-59-55-51-47-42-32-28-24-20-16-12-8-4)71-91-78(83)65-61-57-53-49-45-41-31-27-23-19-15-11-7-3/h9-10,13-15,19,21-22,25-28,31-35,37-39,43,46,48,52,54,58,60,64,75-77,82H,5-8,11-12,16-18,20,23-24,29-30,36,40-42,44-45,47,49-51,53,55-57,59,61-63,65-74H2,1-4H3,(H,87,88)(H,89,90)/b13-9-,14-10-,19-15-,25-21-,26-22-,31-27-,32-28-,35-33-,38-37-,39-34-,46-43-,52-48-,58-54-,64-60-. The maximum atomic E-state index is 13.1. The van der Waals surface area contributed by atoms with Gasteiger partial charge in [-0.15, -0.1) is 0 Å². The van der Waals surface area contributed by atoms with Crippen LogP contribution in [-0.4, -0.2) is 96.7 Å². The van der Waals surface area contributed by atoms with Crippen LogP contribution in [-0.2, 0) is 65.4 Å². The predicted molar refractivity (Wildman–Crippen MR) is 408 cm³/mol. The van der Waals surface area contributed by atoms with Gasteiger partial charge in [0, 0.05) is 19.3 Å². The lowest BCUT2D eigenvalue weighted by Gasteiger charge is -2.21. The van der Waals surface area contributed by atoms with Crippen molar-refractivity contribution in [3.63, 3.8) is 0 Å². The summed E-state index contributed by atoms with van der Waals surface area (Å²) in [4.78, 5) is 72.7. The van der Waals surface area contributed by atoms with Gasteiger partial charge in [-0.25, -0.2) is 9.13 Å². The number of aliphatic hydroxyl groups excluding tert-OH is 1. The molecule has 0 aromatic carbocycles. The fourth-order valence-corrected chi connectivity index (χ4v) is 10.6. The van der Waals surface area contributed by atoms with Gasteiger partial charge in [-0.05, 0) is 141 Å². The lowest BCUT2D eigenvalue weighted by Crippen LogP contribution is -2.30. The molecule has 0 heterocycles. The van der Waals surface area contributed by atoms with Gasteiger partial charge in [0.15, 0.2) is 12.2 Å². The van der Waals surface area contributed by atoms with Crippen LogP contribution in [0.3, 0.4) is 0 Å². The average molecular weight is 1440 g/mol. The Balaban J connectivity index is 5.51. The third-order valence-corrected chi connectivity index (χ3v) is 16.6. The van der Waals surface area contributed by atoms with Gasteiger partial charge in [-0.1, -0.05) is 262 Å². The highest BCUT2D eigenvalue weighted by Gasteiger charge is 2.30. The smallest absolute Gasteiger partial charge is 0.462 e. The van der Waals surface area contributed by atoms with Crippen LogP contribution in [0, 0.1) is 0 Å². The first-order valence-corrected chi connectivity index (χ1v) is 40.4. The summed E-state index contributed by atoms with van der Waals surface area (Å²) in [6.07, 6.45) is 84.0. The number of phosphoric acid groups is 2. The molecule has 0 rings (SSSR count). The minimum atomic E-state index is -5.02. The Hall–Kier alpha value is -5.58. The van der Waals surface area contributed by atoms with Crippen LogP contribution in [0.1, 0.15) is 259 Å². The number of esters is 4. The molecule has 5 unspecified atom stereocenters. The molecule has 17 nitrogen and oxygen atoms in total. The van der Waals surface area contributed by atoms with Crippen molar-refractivity contribution in [1.29, 1.82) is 0 Å². The molecule has 19 heteroatoms. The quantitative estimate of drug-likeness (QED) is 0.0169. The Kier molecular flexibility index (Phi) is 67.8. The van der Waals surface area contributed by atoms with E-state index >= 15 is 0 Å². The Morgan fingerprint density at radius 2 is 0.600 bits per heavy atom. The highest BCUT2D eigenvalue weighted by Crippen LogP contribution is 2.45. The van der Waals surface area contributed by atoms with Crippen molar-refractivity contribution < 1.29 is 80.2 Å². The number of allylic oxidation sites excluding steroid dienone is 27. The molecular weight excluding hydrogens is 1310 g/mol. The van der Waals surface area contributed by atoms with E-state index in [1.54, 1.807) is 12.2 Å². The van der Waals surface area contributed by atoms with Crippen LogP contribution >= 0.6 is 15.6 Å². The zero-order valence-electron chi connectivity index (χ0n) is 61.5. The Labute approximate surface area is 603 Å². The van der Waals surface area contributed by atoms with Gasteiger partial charge in [-0.2, -0.15) is 0 Å². The van der Waals surface area contributed by atoms with Crippen LogP contribution in [0.2, 0.25) is 0 Å². The zero-order valence-corrected chi connectivity index (χ0v) is 63.3. The number of carbonyl (C=O) groups excluding carboxylic acids is 4. The summed E-state index contributed by atoms with van der Waals surface area (Å²) < 4.78 is 68.1. The van der Waals surface area contributed by atoms with E-state index in [1.807, 2.05) is 30.4 Å². The number of ether oxygens (including phenoxy) is 4. The first-order valence-electron chi connectivity index (χ1n) is 37.4. The average Bonchev–Trinajstić information content (AvgIpc) is 0.946. The van der Waals surface area contributed by atoms with Crippen molar-refractivity contribution in [3.8, 4) is 0 Å². The second-order valence-electron chi connectivity index (χ2n) is 24.1. The summed E-state index contributed by atoms with van der Waals surface area (Å²) in [6.45, 7) is 4.30. The third-order valence-electron chi connectivity index (χ3n) is 14.7. The molecule has 566 valence electrons. The number of phosphoric ester groups is 2. The second kappa shape index (κ2) is 71.8. The Bertz CT molecular complexity index is 2570. The van der Waals surface area contributed by atoms with E-state index in [2.05, 4.69) is 155 Å². The Morgan fingerprint density at radius 3 is 1.00 bits per heavy atom. The largest absolute Gasteiger partial charge is 0.472 e. The van der Waals surface area contributed by atoms with E-state index in [9.17, 15) is 43.2 Å². The van der Waals surface area contributed by atoms with Crippen molar-refractivity contribution in [2.75, 3.05) is 39.6 Å². The molecule has 0 saturated heterocycles. The van der Waals surface area contributed by atoms with Crippen molar-refractivity contribution in [3.05, 3.63) is 170 Å². The fourth-order valence-electron chi connectivity index (χ4n) is 9.06. The van der Waals surface area contributed by atoms with Gasteiger partial charge in [0.2, 0.25) is 0 Å². The van der Waals surface area contributed by atoms with E-state index in [0.29, 0.717) is 32.1 Å². The lowest BCUT2D eigenvalue weighted by molar-refractivity contribution is -0.161. The van der Waals surface area contributed by atoms with Gasteiger partial charge >= 0.3 is 39.5 Å². The van der Waals surface area contributed by atoms with Gasteiger partial charge in [0.25, 0.3) is 0 Å². The summed E-state index contributed by atoms with van der Waals surface area (Å²) in [5.74, 6) is -2.47. The van der Waals surface area contributed by atoms with Gasteiger partial charge in [-0.3, -0.25) is 37.3 Å². The summed E-state index contributed by atoms with van der Waals surface area (Å²) in [5, 5.41) is 10.6. The van der Waals surface area contributed by atoms with E-state index in [1.165, 1.54) is 25.7 Å². The number of hydrogen-bond donors (Lipinski definition) is 3. The van der Waals surface area contributed by atoms with E-state index in [-0.39, 0.29) is 25.7 Å². The highest BCUT2D eigenvalue weighted by atomic mass is 31.2. The number of unbranched alkanes of at least 4 members (excludes halogenated alkanes) is 15. The lowest BCUT2D eigenvalue weighted by atomic mass is 10.1. The SMILES string of the molecule is CC/C=C\C/C=C\C/C=C\C/C=C\C/C=C\C/C=C\CCC(=O)OCC(COP(=O)(O)OCC(O)COP(=O)(O)OCC(COC(=O)CCCCCCC/C=C\C/C=C\CCC)OC(=O)CCCCCCC/C=C\CCCCCC)OC(=O)C/C=C\C/C=C\C/C=C\C/C=C\C/C=C\CC. The van der Waals surface area contributed by atoms with Gasteiger partial charge < -0.3 is 33.8 Å². The number of rotatable bonds is 68. The molecule has 0 saturated carbocycles. The molecule has 0 bridgehead atoms. The zero-order chi connectivity index (χ0) is 73.2. The molecule has 0 fully saturated rings. The maximum absolute atomic E-state index is 13.1. The Morgan fingerprint density at radius 1 is 0.300 bits per heavy atom. The molecule has 5 atom stereocenters. The normalized spacial score (nSPS) is 14.9. The molecule has 0 spiro atoms. The van der Waals surface area contributed by atoms with E-state index in [0.717, 1.165) is 148 Å². The summed E-state index contributed by atoms with van der Waals surface area (Å²) in [7, 11) is -10.0. The molecule has 3 N–H and O–H groups in total. The molecule has 0 aromatic heterocycles. The number of carbonyl (C=O) groups is 4. The summed E-state index contributed by atoms with van der Waals surface area (Å²) >= 11 is 0. The summed E-state index contributed by atoms with van der Waals surface area (Å²) in [6, 6.07) is 0. The van der Waals surface area contributed by atoms with E-state index < -0.39 is 97.5 Å². The van der Waals surface area contributed by atoms with Crippen molar-refractivity contribution in [2.24, 2.45) is 0 Å². The third kappa shape index (κ3) is 70.8. The second-order valence-corrected chi connectivity index (χ2v) is 27.0. The molecular formula is C81H130O17P2. The molecule has 100 heavy (non-hydrogen) atoms. The molecule has 0 aliphatic heterocycles. The summed E-state index contributed by atoms with van der Waals surface area (Å²) in [5.41, 5.74) is 0. The predicted octanol–water partition coefficient (Wildman–Crippen LogP) is 21.4. The first-order chi connectivity index (χ1) is 48.7. The highest BCUT2D eigenvalue weighted by molar-refractivity contribution is 7.47. The number of hydrogen-bond acceptors (Lipinski definition) is 15. The fraction of sp³-hybridized carbons (Fsp3) is 0.605. The van der Waals surface area contributed by atoms with Crippen LogP contribution in [0.5, 0.6) is 0 Å². The minimum Gasteiger partial charge on any atom is -0.462 e. The van der Waals surface area contributed by atoms with Crippen molar-refractivity contribution >= 4 is 39.5 Å². The van der Waals surface area contributed by atoms with Crippen molar-refractivity contribution in [1.82, 2.24) is 0 Å². The van der Waals surface area contributed by atoms with Crippen LogP contribution in [0.25, 0.3) is 0 Å². The maximum Gasteiger partial charge on any atom is 0.472 e. The van der Waals surface area contributed by atoms with Crippen LogP contribution in [0.4, 0.5) is 0 Å². The van der Waals surface area contributed by atoms with Gasteiger partial charge in [0.1, 0.15) is 19.3 Å². The minimum absolute atomic E-state index is 0.0100. The van der Waals surface area contributed by atoms with Crippen LogP contribution < -0.4 is 0 Å². The van der Waals surface area contributed by atoms with Crippen molar-refractivity contribution in [2.45, 2.75) is 277 Å².